The predicted octanol–water partition coefficient (Wildman–Crippen LogP) is -1.51. The summed E-state index contributed by atoms with van der Waals surface area (Å²) in [5.41, 5.74) is 0. The molecule has 8 heteroatoms. The van der Waals surface area contributed by atoms with Crippen LogP contribution in [-0.4, -0.2) is 63.3 Å². The van der Waals surface area contributed by atoms with Crippen LogP contribution in [0.5, 0.6) is 0 Å². The Kier molecular flexibility index (Phi) is 4.01. The molecule has 2 aliphatic rings. The molecule has 2 fully saturated rings. The van der Waals surface area contributed by atoms with Gasteiger partial charge in [-0.1, -0.05) is 0 Å². The van der Waals surface area contributed by atoms with E-state index >= 15 is 0 Å². The molecule has 0 bridgehead atoms. The van der Waals surface area contributed by atoms with E-state index in [0.29, 0.717) is 19.9 Å². The van der Waals surface area contributed by atoms with Crippen molar-refractivity contribution in [3.05, 3.63) is 0 Å². The van der Waals surface area contributed by atoms with Gasteiger partial charge in [-0.3, -0.25) is 5.32 Å². The van der Waals surface area contributed by atoms with Crippen LogP contribution >= 0.6 is 0 Å². The fourth-order valence-electron chi connectivity index (χ4n) is 2.53. The molecule has 0 aromatic heterocycles. The zero-order valence-electron chi connectivity index (χ0n) is 10.0. The zero-order valence-corrected chi connectivity index (χ0v) is 10.8. The molecule has 7 nitrogen and oxygen atoms in total. The van der Waals surface area contributed by atoms with E-state index in [1.807, 2.05) is 7.05 Å². The summed E-state index contributed by atoms with van der Waals surface area (Å²) in [7, 11) is -1.72. The van der Waals surface area contributed by atoms with Crippen molar-refractivity contribution in [2.75, 3.05) is 33.5 Å². The van der Waals surface area contributed by atoms with Crippen LogP contribution in [0.15, 0.2) is 0 Å². The highest BCUT2D eigenvalue weighted by Gasteiger charge is 2.37. The van der Waals surface area contributed by atoms with Gasteiger partial charge in [0.1, 0.15) is 6.17 Å². The van der Waals surface area contributed by atoms with Crippen molar-refractivity contribution >= 4 is 10.2 Å². The third kappa shape index (κ3) is 3.15. The van der Waals surface area contributed by atoms with Gasteiger partial charge >= 0.3 is 0 Å². The van der Waals surface area contributed by atoms with E-state index in [-0.39, 0.29) is 12.2 Å². The van der Waals surface area contributed by atoms with Crippen LogP contribution in [0.3, 0.4) is 0 Å². The summed E-state index contributed by atoms with van der Waals surface area (Å²) in [4.78, 5) is 2.13. The first-order chi connectivity index (χ1) is 7.98. The number of hydrogen-bond acceptors (Lipinski definition) is 5. The second-order valence-electron chi connectivity index (χ2n) is 4.67. The predicted molar refractivity (Wildman–Crippen MR) is 63.2 cm³/mol. The van der Waals surface area contributed by atoms with E-state index in [2.05, 4.69) is 10.2 Å². The number of hydrogen-bond donors (Lipinski definition) is 2. The van der Waals surface area contributed by atoms with E-state index in [1.54, 1.807) is 0 Å². The van der Waals surface area contributed by atoms with Crippen molar-refractivity contribution in [2.24, 2.45) is 5.14 Å². The van der Waals surface area contributed by atoms with Crippen LogP contribution in [0.25, 0.3) is 0 Å². The third-order valence-corrected chi connectivity index (χ3v) is 4.40. The molecule has 0 aliphatic carbocycles. The molecule has 17 heavy (non-hydrogen) atoms. The number of likely N-dealkylation sites (tertiary alicyclic amines) is 1. The summed E-state index contributed by atoms with van der Waals surface area (Å²) in [5.74, 6) is 0. The van der Waals surface area contributed by atoms with Crippen molar-refractivity contribution in [3.63, 3.8) is 0 Å². The van der Waals surface area contributed by atoms with Gasteiger partial charge in [-0.05, 0) is 26.4 Å². The molecule has 2 aliphatic heterocycles. The van der Waals surface area contributed by atoms with Crippen molar-refractivity contribution in [2.45, 2.75) is 25.0 Å². The molecule has 2 atom stereocenters. The van der Waals surface area contributed by atoms with Gasteiger partial charge in [-0.15, -0.1) is 0 Å². The normalized spacial score (nSPS) is 32.2. The molecule has 0 saturated carbocycles. The maximum absolute atomic E-state index is 11.7. The number of rotatable bonds is 3. The maximum Gasteiger partial charge on any atom is 0.278 e. The van der Waals surface area contributed by atoms with Crippen LogP contribution in [-0.2, 0) is 14.9 Å². The minimum atomic E-state index is -3.71. The molecule has 2 heterocycles. The topological polar surface area (TPSA) is 87.9 Å². The Hall–Kier alpha value is -0.250. The number of piperidine rings is 1. The fraction of sp³-hybridized carbons (Fsp3) is 1.00. The second kappa shape index (κ2) is 5.17. The Morgan fingerprint density at radius 3 is 2.82 bits per heavy atom. The largest absolute Gasteiger partial charge is 0.363 e. The molecule has 0 aromatic rings. The molecule has 0 spiro atoms. The SMILES string of the molecule is CN1CCCC(N(C2COCN2)S(N)(=O)=O)C1. The van der Waals surface area contributed by atoms with Gasteiger partial charge < -0.3 is 9.64 Å². The van der Waals surface area contributed by atoms with E-state index in [1.165, 1.54) is 4.31 Å². The number of likely N-dealkylation sites (N-methyl/N-ethyl adjacent to an activating group) is 1. The maximum atomic E-state index is 11.7. The molecule has 3 N–H and O–H groups in total. The zero-order chi connectivity index (χ0) is 12.5. The lowest BCUT2D eigenvalue weighted by molar-refractivity contribution is 0.125. The van der Waals surface area contributed by atoms with Gasteiger partial charge in [0.15, 0.2) is 0 Å². The minimum Gasteiger partial charge on any atom is -0.363 e. The lowest BCUT2D eigenvalue weighted by Gasteiger charge is -2.38. The highest BCUT2D eigenvalue weighted by molar-refractivity contribution is 7.86. The Morgan fingerprint density at radius 1 is 1.53 bits per heavy atom. The Bertz CT molecular complexity index is 355. The Balaban J connectivity index is 2.14. The summed E-state index contributed by atoms with van der Waals surface area (Å²) in [6, 6.07) is -0.0667. The van der Waals surface area contributed by atoms with E-state index in [9.17, 15) is 8.42 Å². The molecular weight excluding hydrogens is 244 g/mol. The third-order valence-electron chi connectivity index (χ3n) is 3.26. The van der Waals surface area contributed by atoms with Crippen molar-refractivity contribution in [1.29, 1.82) is 0 Å². The van der Waals surface area contributed by atoms with Gasteiger partial charge in [0.2, 0.25) is 0 Å². The van der Waals surface area contributed by atoms with Crippen LogP contribution in [0.4, 0.5) is 0 Å². The highest BCUT2D eigenvalue weighted by Crippen LogP contribution is 2.20. The first-order valence-electron chi connectivity index (χ1n) is 5.79. The van der Waals surface area contributed by atoms with Crippen LogP contribution in [0.2, 0.25) is 0 Å². The van der Waals surface area contributed by atoms with E-state index in [4.69, 9.17) is 9.88 Å². The van der Waals surface area contributed by atoms with Gasteiger partial charge in [0, 0.05) is 12.6 Å². The fourth-order valence-corrected chi connectivity index (χ4v) is 3.61. The minimum absolute atomic E-state index is 0.0667. The summed E-state index contributed by atoms with van der Waals surface area (Å²) < 4.78 is 30.0. The van der Waals surface area contributed by atoms with Gasteiger partial charge in [0.25, 0.3) is 10.2 Å². The van der Waals surface area contributed by atoms with Gasteiger partial charge in [-0.2, -0.15) is 12.7 Å². The standard InChI is InChI=1S/C9H20N4O3S/c1-12-4-2-3-8(5-12)13(17(10,14)15)9-6-16-7-11-9/h8-9,11H,2-7H2,1H3,(H2,10,14,15). The lowest BCUT2D eigenvalue weighted by atomic mass is 10.1. The number of nitrogens with one attached hydrogen (secondary N) is 1. The summed E-state index contributed by atoms with van der Waals surface area (Å²) in [5, 5.41) is 8.32. The first kappa shape index (κ1) is 13.2. The summed E-state index contributed by atoms with van der Waals surface area (Å²) in [6.45, 7) is 2.45. The van der Waals surface area contributed by atoms with Gasteiger partial charge in [-0.25, -0.2) is 5.14 Å². The molecule has 0 amide bonds. The highest BCUT2D eigenvalue weighted by atomic mass is 32.2. The summed E-state index contributed by atoms with van der Waals surface area (Å²) in [6.07, 6.45) is 1.50. The molecular formula is C9H20N4O3S. The van der Waals surface area contributed by atoms with Crippen molar-refractivity contribution in [3.8, 4) is 0 Å². The quantitative estimate of drug-likeness (QED) is 0.647. The monoisotopic (exact) mass is 264 g/mol. The molecule has 2 saturated heterocycles. The van der Waals surface area contributed by atoms with Crippen LogP contribution in [0, 0.1) is 0 Å². The number of ether oxygens (including phenoxy) is 1. The first-order valence-corrected chi connectivity index (χ1v) is 7.30. The van der Waals surface area contributed by atoms with E-state index < -0.39 is 10.2 Å². The Labute approximate surface area is 102 Å². The molecule has 2 rings (SSSR count). The number of nitrogens with zero attached hydrogens (tertiary/aromatic N) is 2. The van der Waals surface area contributed by atoms with Crippen molar-refractivity contribution < 1.29 is 13.2 Å². The molecule has 2 unspecified atom stereocenters. The van der Waals surface area contributed by atoms with Crippen LogP contribution < -0.4 is 10.5 Å². The van der Waals surface area contributed by atoms with E-state index in [0.717, 1.165) is 19.4 Å². The summed E-state index contributed by atoms with van der Waals surface area (Å²) >= 11 is 0. The molecule has 100 valence electrons. The average molecular weight is 264 g/mol. The lowest BCUT2D eigenvalue weighted by Crippen LogP contribution is -2.58. The number of nitrogens with two attached hydrogens (primary N) is 1. The van der Waals surface area contributed by atoms with Gasteiger partial charge in [0.05, 0.1) is 13.3 Å². The molecule has 0 aromatic carbocycles. The molecule has 0 radical (unpaired) electrons. The second-order valence-corrected chi connectivity index (χ2v) is 6.12. The Morgan fingerprint density at radius 2 is 2.29 bits per heavy atom. The van der Waals surface area contributed by atoms with Crippen molar-refractivity contribution in [1.82, 2.24) is 14.5 Å². The van der Waals surface area contributed by atoms with Crippen LogP contribution in [0.1, 0.15) is 12.8 Å². The smallest absolute Gasteiger partial charge is 0.278 e. The average Bonchev–Trinajstić information content (AvgIpc) is 2.69.